The van der Waals surface area contributed by atoms with Crippen LogP contribution in [0.3, 0.4) is 0 Å². The maximum Gasteiger partial charge on any atom is 0.220 e. The highest BCUT2D eigenvalue weighted by atomic mass is 16.2. The van der Waals surface area contributed by atoms with Crippen molar-refractivity contribution in [2.24, 2.45) is 23.2 Å². The molecule has 0 aromatic carbocycles. The number of carbonyl (C=O) groups is 1. The Kier molecular flexibility index (Phi) is 4.51. The molecule has 2 nitrogen and oxygen atoms in total. The Morgan fingerprint density at radius 2 is 1.80 bits per heavy atom. The van der Waals surface area contributed by atoms with Crippen LogP contribution in [0.2, 0.25) is 0 Å². The van der Waals surface area contributed by atoms with Gasteiger partial charge in [-0.3, -0.25) is 4.79 Å². The second kappa shape index (κ2) is 5.69. The van der Waals surface area contributed by atoms with E-state index in [0.29, 0.717) is 11.3 Å². The lowest BCUT2D eigenvalue weighted by atomic mass is 9.66. The number of carbonyl (C=O) groups excluding carboxylic acids is 1. The summed E-state index contributed by atoms with van der Waals surface area (Å²) in [4.78, 5) is 11.7. The van der Waals surface area contributed by atoms with Crippen molar-refractivity contribution in [3.63, 3.8) is 0 Å². The van der Waals surface area contributed by atoms with Crippen LogP contribution < -0.4 is 5.32 Å². The summed E-state index contributed by atoms with van der Waals surface area (Å²) in [5.74, 6) is 2.51. The van der Waals surface area contributed by atoms with Gasteiger partial charge in [-0.15, -0.1) is 0 Å². The van der Waals surface area contributed by atoms with Crippen LogP contribution in [-0.2, 0) is 4.79 Å². The highest BCUT2D eigenvalue weighted by molar-refractivity contribution is 5.79. The van der Waals surface area contributed by atoms with Crippen molar-refractivity contribution in [3.05, 3.63) is 0 Å². The Hall–Kier alpha value is -0.530. The molecule has 2 rings (SSSR count). The average molecular weight is 279 g/mol. The average Bonchev–Trinajstić information content (AvgIpc) is 2.71. The van der Waals surface area contributed by atoms with E-state index in [1.807, 2.05) is 0 Å². The summed E-state index contributed by atoms with van der Waals surface area (Å²) in [6.07, 6.45) is 8.43. The van der Waals surface area contributed by atoms with Gasteiger partial charge >= 0.3 is 0 Å². The third-order valence-electron chi connectivity index (χ3n) is 6.02. The van der Waals surface area contributed by atoms with Crippen molar-refractivity contribution >= 4 is 5.91 Å². The molecule has 0 bridgehead atoms. The molecule has 0 aromatic rings. The summed E-state index contributed by atoms with van der Waals surface area (Å²) in [6.45, 7) is 11.7. The zero-order valence-corrected chi connectivity index (χ0v) is 14.1. The van der Waals surface area contributed by atoms with Crippen LogP contribution in [0.4, 0.5) is 0 Å². The molecule has 2 heteroatoms. The van der Waals surface area contributed by atoms with Gasteiger partial charge in [-0.2, -0.15) is 0 Å². The summed E-state index contributed by atoms with van der Waals surface area (Å²) < 4.78 is 0. The molecule has 2 fully saturated rings. The minimum absolute atomic E-state index is 0.0936. The lowest BCUT2D eigenvalue weighted by Crippen LogP contribution is -2.48. The van der Waals surface area contributed by atoms with Gasteiger partial charge in [0.25, 0.3) is 0 Å². The van der Waals surface area contributed by atoms with E-state index in [4.69, 9.17) is 0 Å². The lowest BCUT2D eigenvalue weighted by Gasteiger charge is -2.41. The second-order valence-corrected chi connectivity index (χ2v) is 8.65. The third-order valence-corrected chi connectivity index (χ3v) is 6.02. The van der Waals surface area contributed by atoms with Crippen molar-refractivity contribution in [2.75, 3.05) is 0 Å². The fourth-order valence-corrected chi connectivity index (χ4v) is 4.31. The molecule has 1 amide bonds. The topological polar surface area (TPSA) is 29.1 Å². The third kappa shape index (κ3) is 3.38. The zero-order chi connectivity index (χ0) is 15.0. The highest BCUT2D eigenvalue weighted by Gasteiger charge is 2.42. The Bertz CT molecular complexity index is 347. The molecule has 116 valence electrons. The summed E-state index contributed by atoms with van der Waals surface area (Å²) in [5, 5.41) is 3.32. The Morgan fingerprint density at radius 1 is 1.20 bits per heavy atom. The first kappa shape index (κ1) is 15.9. The Morgan fingerprint density at radius 3 is 2.20 bits per heavy atom. The van der Waals surface area contributed by atoms with Crippen molar-refractivity contribution in [2.45, 2.75) is 85.1 Å². The SMILES string of the molecule is CC(C)C1(CC2CCC(C(C)(C)C)CC2)CCC(=O)N1. The standard InChI is InChI=1S/C18H33NO/c1-13(2)18(11-10-16(20)19-18)12-14-6-8-15(9-7-14)17(3,4)5/h13-15H,6-12H2,1-5H3,(H,19,20). The largest absolute Gasteiger partial charge is 0.350 e. The van der Waals surface area contributed by atoms with E-state index in [1.165, 1.54) is 32.1 Å². The van der Waals surface area contributed by atoms with E-state index in [9.17, 15) is 4.79 Å². The lowest BCUT2D eigenvalue weighted by molar-refractivity contribution is -0.120. The molecule has 0 aromatic heterocycles. The quantitative estimate of drug-likeness (QED) is 0.807. The molecule has 2 aliphatic rings. The zero-order valence-electron chi connectivity index (χ0n) is 14.1. The Balaban J connectivity index is 1.93. The monoisotopic (exact) mass is 279 g/mol. The minimum atomic E-state index is 0.0936. The predicted octanol–water partition coefficient (Wildman–Crippen LogP) is 4.53. The smallest absolute Gasteiger partial charge is 0.220 e. The normalized spacial score (nSPS) is 35.4. The predicted molar refractivity (Wildman–Crippen MR) is 84.5 cm³/mol. The van der Waals surface area contributed by atoms with Crippen LogP contribution in [0.5, 0.6) is 0 Å². The molecular formula is C18H33NO. The van der Waals surface area contributed by atoms with Gasteiger partial charge in [0.2, 0.25) is 5.91 Å². The maximum absolute atomic E-state index is 11.7. The maximum atomic E-state index is 11.7. The molecule has 1 aliphatic carbocycles. The van der Waals surface area contributed by atoms with Crippen LogP contribution in [0.1, 0.15) is 79.6 Å². The molecular weight excluding hydrogens is 246 g/mol. The molecule has 1 saturated heterocycles. The van der Waals surface area contributed by atoms with Crippen molar-refractivity contribution < 1.29 is 4.79 Å². The van der Waals surface area contributed by atoms with Crippen molar-refractivity contribution in [1.82, 2.24) is 5.32 Å². The van der Waals surface area contributed by atoms with Crippen LogP contribution in [0.15, 0.2) is 0 Å². The summed E-state index contributed by atoms with van der Waals surface area (Å²) >= 11 is 0. The van der Waals surface area contributed by atoms with E-state index in [1.54, 1.807) is 0 Å². The van der Waals surface area contributed by atoms with Gasteiger partial charge in [0.05, 0.1) is 0 Å². The first-order chi connectivity index (χ1) is 9.23. The fourth-order valence-electron chi connectivity index (χ4n) is 4.31. The van der Waals surface area contributed by atoms with Crippen molar-refractivity contribution in [3.8, 4) is 0 Å². The highest BCUT2D eigenvalue weighted by Crippen LogP contribution is 2.44. The number of hydrogen-bond acceptors (Lipinski definition) is 1. The van der Waals surface area contributed by atoms with Crippen LogP contribution in [-0.4, -0.2) is 11.4 Å². The van der Waals surface area contributed by atoms with E-state index >= 15 is 0 Å². The number of nitrogens with one attached hydrogen (secondary N) is 1. The number of rotatable bonds is 3. The first-order valence-corrected chi connectivity index (χ1v) is 8.54. The van der Waals surface area contributed by atoms with E-state index < -0.39 is 0 Å². The van der Waals surface area contributed by atoms with Crippen LogP contribution in [0, 0.1) is 23.2 Å². The molecule has 1 N–H and O–H groups in total. The van der Waals surface area contributed by atoms with Crippen LogP contribution >= 0.6 is 0 Å². The second-order valence-electron chi connectivity index (χ2n) is 8.65. The Labute approximate surface area is 125 Å². The summed E-state index contributed by atoms with van der Waals surface area (Å²) in [6, 6.07) is 0. The van der Waals surface area contributed by atoms with Gasteiger partial charge in [0.1, 0.15) is 0 Å². The summed E-state index contributed by atoms with van der Waals surface area (Å²) in [5.41, 5.74) is 0.554. The molecule has 1 atom stereocenters. The molecule has 20 heavy (non-hydrogen) atoms. The van der Waals surface area contributed by atoms with Gasteiger partial charge in [-0.25, -0.2) is 0 Å². The van der Waals surface area contributed by atoms with Crippen molar-refractivity contribution in [1.29, 1.82) is 0 Å². The van der Waals surface area contributed by atoms with E-state index in [2.05, 4.69) is 39.9 Å². The summed E-state index contributed by atoms with van der Waals surface area (Å²) in [7, 11) is 0. The molecule has 0 radical (unpaired) electrons. The number of amides is 1. The molecule has 1 unspecified atom stereocenters. The van der Waals surface area contributed by atoms with Gasteiger partial charge in [-0.1, -0.05) is 47.5 Å². The van der Waals surface area contributed by atoms with E-state index in [-0.39, 0.29) is 11.4 Å². The minimum Gasteiger partial charge on any atom is -0.350 e. The first-order valence-electron chi connectivity index (χ1n) is 8.54. The van der Waals surface area contributed by atoms with E-state index in [0.717, 1.165) is 24.7 Å². The van der Waals surface area contributed by atoms with Crippen LogP contribution in [0.25, 0.3) is 0 Å². The number of hydrogen-bond donors (Lipinski definition) is 1. The molecule has 1 aliphatic heterocycles. The molecule has 0 spiro atoms. The van der Waals surface area contributed by atoms with Gasteiger partial charge in [0.15, 0.2) is 0 Å². The molecule has 1 saturated carbocycles. The molecule has 1 heterocycles. The van der Waals surface area contributed by atoms with Gasteiger partial charge in [0, 0.05) is 12.0 Å². The fraction of sp³-hybridized carbons (Fsp3) is 0.944. The van der Waals surface area contributed by atoms with Gasteiger partial charge in [-0.05, 0) is 48.9 Å². The van der Waals surface area contributed by atoms with Gasteiger partial charge < -0.3 is 5.32 Å².